The Labute approximate surface area is 77.5 Å². The number of nitrogens with one attached hydrogen (secondary N) is 1. The number of carbonyl (C=O) groups excluding carboxylic acids is 2. The van der Waals surface area contributed by atoms with Crippen molar-refractivity contribution in [1.29, 1.82) is 0 Å². The monoisotopic (exact) mass is 195 g/mol. The highest BCUT2D eigenvalue weighted by Gasteiger charge is 2.30. The van der Waals surface area contributed by atoms with E-state index in [-0.39, 0.29) is 5.57 Å². The van der Waals surface area contributed by atoms with Crippen LogP contribution in [0.2, 0.25) is 0 Å². The number of aliphatic hydroxyl groups excluding tert-OH is 1. The molecule has 0 fully saturated rings. The molecule has 0 unspecified atom stereocenters. The lowest BCUT2D eigenvalue weighted by molar-refractivity contribution is -0.124. The van der Waals surface area contributed by atoms with E-state index in [4.69, 9.17) is 0 Å². The molecule has 13 heavy (non-hydrogen) atoms. The second kappa shape index (κ2) is 2.70. The van der Waals surface area contributed by atoms with E-state index in [1.54, 1.807) is 16.8 Å². The first kappa shape index (κ1) is 8.00. The molecule has 4 nitrogen and oxygen atoms in total. The molecule has 2 rings (SSSR count). The van der Waals surface area contributed by atoms with Crippen molar-refractivity contribution in [1.82, 2.24) is 5.32 Å². The van der Waals surface area contributed by atoms with Crippen LogP contribution in [-0.2, 0) is 9.59 Å². The molecule has 0 aliphatic carbocycles. The van der Waals surface area contributed by atoms with Crippen molar-refractivity contribution < 1.29 is 14.7 Å². The van der Waals surface area contributed by atoms with E-state index in [1.165, 1.54) is 11.3 Å². The first-order valence-electron chi connectivity index (χ1n) is 3.51. The van der Waals surface area contributed by atoms with Crippen molar-refractivity contribution in [3.8, 4) is 0 Å². The standard InChI is InChI=1S/C8H5NO3S/c10-6-5(4-1-2-13-3-4)7(11)9-8(6)12/h1-3H,(H2,9,10,11,12). The summed E-state index contributed by atoms with van der Waals surface area (Å²) in [6.07, 6.45) is 0. The number of amides is 2. The van der Waals surface area contributed by atoms with Gasteiger partial charge >= 0.3 is 0 Å². The van der Waals surface area contributed by atoms with Crippen molar-refractivity contribution in [3.05, 3.63) is 28.1 Å². The Kier molecular flexibility index (Phi) is 1.66. The molecule has 1 aliphatic rings. The van der Waals surface area contributed by atoms with Crippen molar-refractivity contribution in [2.75, 3.05) is 0 Å². The number of aliphatic hydroxyl groups is 1. The van der Waals surface area contributed by atoms with E-state index in [0.717, 1.165) is 0 Å². The van der Waals surface area contributed by atoms with Gasteiger partial charge in [-0.1, -0.05) is 0 Å². The van der Waals surface area contributed by atoms with Gasteiger partial charge in [-0.05, 0) is 16.8 Å². The fourth-order valence-corrected chi connectivity index (χ4v) is 1.77. The molecule has 0 saturated carbocycles. The van der Waals surface area contributed by atoms with Crippen LogP contribution < -0.4 is 5.32 Å². The van der Waals surface area contributed by atoms with Crippen LogP contribution in [0.25, 0.3) is 5.57 Å². The molecule has 0 spiro atoms. The molecule has 2 N–H and O–H groups in total. The summed E-state index contributed by atoms with van der Waals surface area (Å²) < 4.78 is 0. The SMILES string of the molecule is O=C1NC(=O)C(c2ccsc2)=C1O. The Morgan fingerprint density at radius 3 is 2.54 bits per heavy atom. The van der Waals surface area contributed by atoms with Crippen LogP contribution in [0.4, 0.5) is 0 Å². The lowest BCUT2D eigenvalue weighted by atomic mass is 10.1. The predicted octanol–water partition coefficient (Wildman–Crippen LogP) is 0.674. The number of imide groups is 1. The predicted molar refractivity (Wildman–Crippen MR) is 47.0 cm³/mol. The lowest BCUT2D eigenvalue weighted by Crippen LogP contribution is -2.22. The van der Waals surface area contributed by atoms with Gasteiger partial charge in [0.2, 0.25) is 0 Å². The van der Waals surface area contributed by atoms with Gasteiger partial charge in [-0.25, -0.2) is 0 Å². The normalized spacial score (nSPS) is 16.6. The van der Waals surface area contributed by atoms with Crippen molar-refractivity contribution in [3.63, 3.8) is 0 Å². The van der Waals surface area contributed by atoms with E-state index < -0.39 is 17.6 Å². The van der Waals surface area contributed by atoms with E-state index in [1.807, 2.05) is 5.32 Å². The maximum absolute atomic E-state index is 11.1. The number of hydrogen-bond donors (Lipinski definition) is 2. The molecular weight excluding hydrogens is 190 g/mol. The van der Waals surface area contributed by atoms with E-state index in [9.17, 15) is 14.7 Å². The van der Waals surface area contributed by atoms with Crippen molar-refractivity contribution in [2.24, 2.45) is 0 Å². The first-order valence-corrected chi connectivity index (χ1v) is 4.46. The molecule has 1 aromatic heterocycles. The molecule has 0 aromatic carbocycles. The van der Waals surface area contributed by atoms with Gasteiger partial charge in [0.15, 0.2) is 5.76 Å². The summed E-state index contributed by atoms with van der Waals surface area (Å²) in [5.74, 6) is -1.77. The van der Waals surface area contributed by atoms with Gasteiger partial charge in [0, 0.05) is 5.56 Å². The third-order valence-corrected chi connectivity index (χ3v) is 2.40. The quantitative estimate of drug-likeness (QED) is 0.647. The summed E-state index contributed by atoms with van der Waals surface area (Å²) >= 11 is 1.40. The van der Waals surface area contributed by atoms with E-state index in [2.05, 4.69) is 0 Å². The lowest BCUT2D eigenvalue weighted by Gasteiger charge is -1.93. The third kappa shape index (κ3) is 1.13. The van der Waals surface area contributed by atoms with Crippen LogP contribution in [0.5, 0.6) is 0 Å². The minimum absolute atomic E-state index is 0.0613. The molecule has 2 heterocycles. The van der Waals surface area contributed by atoms with Gasteiger partial charge in [0.1, 0.15) is 0 Å². The molecule has 2 amide bonds. The summed E-state index contributed by atoms with van der Waals surface area (Å²) in [4.78, 5) is 22.0. The zero-order valence-corrected chi connectivity index (χ0v) is 7.22. The van der Waals surface area contributed by atoms with E-state index in [0.29, 0.717) is 5.56 Å². The highest BCUT2D eigenvalue weighted by atomic mass is 32.1. The van der Waals surface area contributed by atoms with Crippen LogP contribution in [0, 0.1) is 0 Å². The molecule has 5 heteroatoms. The number of thiophene rings is 1. The van der Waals surface area contributed by atoms with E-state index >= 15 is 0 Å². The average Bonchev–Trinajstić information content (AvgIpc) is 2.63. The summed E-state index contributed by atoms with van der Waals surface area (Å²) in [6.45, 7) is 0. The van der Waals surface area contributed by atoms with Crippen LogP contribution in [-0.4, -0.2) is 16.9 Å². The number of rotatable bonds is 1. The average molecular weight is 195 g/mol. The van der Waals surface area contributed by atoms with Gasteiger partial charge in [-0.3, -0.25) is 14.9 Å². The molecule has 1 aromatic rings. The molecule has 0 bridgehead atoms. The Bertz CT molecular complexity index is 405. The third-order valence-electron chi connectivity index (χ3n) is 1.72. The molecule has 66 valence electrons. The Morgan fingerprint density at radius 2 is 2.08 bits per heavy atom. The van der Waals surface area contributed by atoms with Crippen LogP contribution in [0.1, 0.15) is 5.56 Å². The smallest absolute Gasteiger partial charge is 0.293 e. The summed E-state index contributed by atoms with van der Waals surface area (Å²) in [5, 5.41) is 14.7. The second-order valence-corrected chi connectivity index (χ2v) is 3.30. The zero-order chi connectivity index (χ0) is 9.42. The van der Waals surface area contributed by atoms with Crippen molar-refractivity contribution >= 4 is 28.7 Å². The van der Waals surface area contributed by atoms with Gasteiger partial charge in [-0.2, -0.15) is 11.3 Å². The fourth-order valence-electron chi connectivity index (χ4n) is 1.12. The Balaban J connectivity index is 2.54. The van der Waals surface area contributed by atoms with Gasteiger partial charge < -0.3 is 5.11 Å². The van der Waals surface area contributed by atoms with Crippen LogP contribution in [0.15, 0.2) is 22.6 Å². The largest absolute Gasteiger partial charge is 0.502 e. The highest BCUT2D eigenvalue weighted by Crippen LogP contribution is 2.23. The molecule has 0 atom stereocenters. The maximum atomic E-state index is 11.1. The van der Waals surface area contributed by atoms with Crippen LogP contribution >= 0.6 is 11.3 Å². The minimum Gasteiger partial charge on any atom is -0.502 e. The second-order valence-electron chi connectivity index (χ2n) is 2.52. The highest BCUT2D eigenvalue weighted by molar-refractivity contribution is 7.08. The zero-order valence-electron chi connectivity index (χ0n) is 6.40. The maximum Gasteiger partial charge on any atom is 0.293 e. The number of carbonyl (C=O) groups is 2. The minimum atomic E-state index is -0.730. The number of hydrogen-bond acceptors (Lipinski definition) is 4. The van der Waals surface area contributed by atoms with Crippen molar-refractivity contribution in [2.45, 2.75) is 0 Å². The summed E-state index contributed by atoms with van der Waals surface area (Å²) in [5.41, 5.74) is 0.636. The summed E-state index contributed by atoms with van der Waals surface area (Å²) in [6, 6.07) is 1.67. The molecule has 0 radical (unpaired) electrons. The fraction of sp³-hybridized carbons (Fsp3) is 0. The Morgan fingerprint density at radius 1 is 1.31 bits per heavy atom. The summed E-state index contributed by atoms with van der Waals surface area (Å²) in [7, 11) is 0. The molecule has 1 aliphatic heterocycles. The molecule has 0 saturated heterocycles. The van der Waals surface area contributed by atoms with Gasteiger partial charge in [0.05, 0.1) is 5.57 Å². The Hall–Kier alpha value is -1.62. The van der Waals surface area contributed by atoms with Gasteiger partial charge in [0.25, 0.3) is 11.8 Å². The van der Waals surface area contributed by atoms with Gasteiger partial charge in [-0.15, -0.1) is 0 Å². The topological polar surface area (TPSA) is 66.4 Å². The molecular formula is C8H5NO3S. The van der Waals surface area contributed by atoms with Crippen LogP contribution in [0.3, 0.4) is 0 Å². The first-order chi connectivity index (χ1) is 6.20.